The van der Waals surface area contributed by atoms with Gasteiger partial charge in [-0.25, -0.2) is 0 Å². The van der Waals surface area contributed by atoms with Crippen molar-refractivity contribution >= 4 is 81.2 Å². The highest BCUT2D eigenvalue weighted by Gasteiger charge is 2.88. The van der Waals surface area contributed by atoms with Crippen LogP contribution >= 0.6 is 69.6 Å². The normalized spacial score (nSPS) is 55.1. The molecule has 0 aromatic rings. The molecule has 0 unspecified atom stereocenters. The summed E-state index contributed by atoms with van der Waals surface area (Å²) in [7, 11) is 0. The summed E-state index contributed by atoms with van der Waals surface area (Å²) in [5, 5.41) is -0.162. The molecule has 1 heterocycles. The molecule has 3 aliphatic carbocycles. The molecule has 3 nitrogen and oxygen atoms in total. The zero-order valence-corrected chi connectivity index (χ0v) is 13.8. The molecule has 4 aliphatic rings. The minimum atomic E-state index is -1.87. The molecule has 0 radical (unpaired) electrons. The van der Waals surface area contributed by atoms with Crippen molar-refractivity contribution in [2.24, 2.45) is 11.8 Å². The maximum absolute atomic E-state index is 12.4. The van der Waals surface area contributed by atoms with Crippen molar-refractivity contribution < 1.29 is 14.3 Å². The van der Waals surface area contributed by atoms with Gasteiger partial charge in [0.25, 0.3) is 0 Å². The highest BCUT2D eigenvalue weighted by Crippen LogP contribution is 2.77. The Labute approximate surface area is 143 Å². The minimum Gasteiger partial charge on any atom is -0.353 e. The third kappa shape index (κ3) is 1.12. The van der Waals surface area contributed by atoms with Crippen molar-refractivity contribution in [1.82, 2.24) is 0 Å². The Morgan fingerprint density at radius 2 is 1.15 bits per heavy atom. The van der Waals surface area contributed by atoms with E-state index in [4.69, 9.17) is 74.3 Å². The smallest absolute Gasteiger partial charge is 0.170 e. The molecule has 1 saturated heterocycles. The van der Waals surface area contributed by atoms with Gasteiger partial charge in [0.05, 0.1) is 21.9 Å². The van der Waals surface area contributed by atoms with E-state index in [0.717, 1.165) is 0 Å². The standard InChI is InChI=1S/C11H4Cl6O3/c12-7-8(13)10(15)2-1(9(7,14)11(10,16)17)3(18)5-6(20-5)4(2)19/h1-2,5-6H/t1-,2+,5-,6-,9+,10+/m1/s1. The fourth-order valence-electron chi connectivity index (χ4n) is 3.60. The Balaban J connectivity index is 2.03. The molecule has 0 aromatic heterocycles. The number of alkyl halides is 4. The average molecular weight is 397 g/mol. The fraction of sp³-hybridized carbons (Fsp3) is 0.636. The molecule has 3 fully saturated rings. The zero-order valence-electron chi connectivity index (χ0n) is 9.30. The maximum Gasteiger partial charge on any atom is 0.170 e. The van der Waals surface area contributed by atoms with E-state index < -0.39 is 38.1 Å². The molecule has 20 heavy (non-hydrogen) atoms. The molecule has 6 atom stereocenters. The first kappa shape index (κ1) is 14.4. The van der Waals surface area contributed by atoms with Crippen LogP contribution in [0.4, 0.5) is 0 Å². The van der Waals surface area contributed by atoms with E-state index in [1.165, 1.54) is 0 Å². The summed E-state index contributed by atoms with van der Waals surface area (Å²) in [6.07, 6.45) is -1.60. The van der Waals surface area contributed by atoms with Crippen LogP contribution in [0.1, 0.15) is 0 Å². The molecule has 1 aliphatic heterocycles. The van der Waals surface area contributed by atoms with Crippen LogP contribution in [0.15, 0.2) is 10.1 Å². The van der Waals surface area contributed by atoms with Crippen molar-refractivity contribution in [1.29, 1.82) is 0 Å². The monoisotopic (exact) mass is 394 g/mol. The summed E-state index contributed by atoms with van der Waals surface area (Å²) in [5.41, 5.74) is 0. The summed E-state index contributed by atoms with van der Waals surface area (Å²) >= 11 is 37.9. The number of allylic oxidation sites excluding steroid dienone is 2. The van der Waals surface area contributed by atoms with Crippen LogP contribution in [-0.2, 0) is 14.3 Å². The van der Waals surface area contributed by atoms with Crippen molar-refractivity contribution in [3.8, 4) is 0 Å². The number of epoxide rings is 1. The van der Waals surface area contributed by atoms with E-state index in [9.17, 15) is 9.59 Å². The van der Waals surface area contributed by atoms with Gasteiger partial charge in [-0.1, -0.05) is 46.4 Å². The first-order valence-electron chi connectivity index (χ1n) is 5.66. The quantitative estimate of drug-likeness (QED) is 0.467. The zero-order chi connectivity index (χ0) is 14.8. The first-order chi connectivity index (χ1) is 9.11. The Hall–Kier alpha value is 0.780. The molecule has 108 valence electrons. The van der Waals surface area contributed by atoms with Gasteiger partial charge >= 0.3 is 0 Å². The molecule has 9 heteroatoms. The lowest BCUT2D eigenvalue weighted by Crippen LogP contribution is -2.51. The Bertz CT molecular complexity index is 580. The number of halogens is 6. The van der Waals surface area contributed by atoms with E-state index in [0.29, 0.717) is 0 Å². The number of hydrogen-bond donors (Lipinski definition) is 0. The Kier molecular flexibility index (Phi) is 2.62. The summed E-state index contributed by atoms with van der Waals surface area (Å²) in [5.74, 6) is -2.79. The number of ether oxygens (including phenoxy) is 1. The molecular formula is C11H4Cl6O3. The molecule has 0 spiro atoms. The third-order valence-corrected chi connectivity index (χ3v) is 8.86. The molecule has 2 saturated carbocycles. The minimum absolute atomic E-state index is 0.0812. The molecule has 0 aromatic carbocycles. The van der Waals surface area contributed by atoms with E-state index in [-0.39, 0.29) is 21.6 Å². The van der Waals surface area contributed by atoms with Crippen LogP contribution in [0.2, 0.25) is 0 Å². The lowest BCUT2D eigenvalue weighted by Gasteiger charge is -2.36. The largest absolute Gasteiger partial charge is 0.353 e. The number of rotatable bonds is 0. The van der Waals surface area contributed by atoms with Gasteiger partial charge in [0.1, 0.15) is 9.75 Å². The second-order valence-corrected chi connectivity index (χ2v) is 8.64. The molecular weight excluding hydrogens is 393 g/mol. The van der Waals surface area contributed by atoms with Gasteiger partial charge in [0.2, 0.25) is 0 Å². The van der Waals surface area contributed by atoms with Crippen LogP contribution in [0.3, 0.4) is 0 Å². The summed E-state index contributed by atoms with van der Waals surface area (Å²) < 4.78 is 3.22. The molecule has 0 N–H and O–H groups in total. The van der Waals surface area contributed by atoms with Crippen molar-refractivity contribution in [3.05, 3.63) is 10.1 Å². The average Bonchev–Trinajstić information content (AvgIpc) is 3.14. The second kappa shape index (κ2) is 3.64. The predicted molar refractivity (Wildman–Crippen MR) is 76.0 cm³/mol. The number of Topliss-reactive ketones (excluding diaryl/α,β-unsaturated/α-hetero) is 2. The van der Waals surface area contributed by atoms with Gasteiger partial charge in [0.15, 0.2) is 28.1 Å². The molecule has 4 rings (SSSR count). The van der Waals surface area contributed by atoms with Crippen LogP contribution in [0.5, 0.6) is 0 Å². The fourth-order valence-corrected chi connectivity index (χ4v) is 6.56. The van der Waals surface area contributed by atoms with Crippen LogP contribution in [0, 0.1) is 11.8 Å². The van der Waals surface area contributed by atoms with Crippen molar-refractivity contribution in [3.63, 3.8) is 0 Å². The first-order valence-corrected chi connectivity index (χ1v) is 7.93. The molecule has 0 amide bonds. The summed E-state index contributed by atoms with van der Waals surface area (Å²) in [6.45, 7) is 0. The van der Waals surface area contributed by atoms with E-state index in [1.54, 1.807) is 0 Å². The predicted octanol–water partition coefficient (Wildman–Crippen LogP) is 2.98. The highest BCUT2D eigenvalue weighted by molar-refractivity contribution is 6.66. The van der Waals surface area contributed by atoms with Gasteiger partial charge in [-0.3, -0.25) is 9.59 Å². The lowest BCUT2D eigenvalue weighted by molar-refractivity contribution is -0.135. The summed E-state index contributed by atoms with van der Waals surface area (Å²) in [4.78, 5) is 21.4. The van der Waals surface area contributed by atoms with Gasteiger partial charge in [-0.2, -0.15) is 0 Å². The second-order valence-electron chi connectivity index (χ2n) is 5.36. The topological polar surface area (TPSA) is 46.7 Å². The van der Waals surface area contributed by atoms with Crippen molar-refractivity contribution in [2.75, 3.05) is 0 Å². The Morgan fingerprint density at radius 1 is 0.800 bits per heavy atom. The van der Waals surface area contributed by atoms with Crippen LogP contribution < -0.4 is 0 Å². The van der Waals surface area contributed by atoms with E-state index >= 15 is 0 Å². The van der Waals surface area contributed by atoms with Crippen LogP contribution in [0.25, 0.3) is 0 Å². The number of hydrogen-bond acceptors (Lipinski definition) is 3. The van der Waals surface area contributed by atoms with Crippen molar-refractivity contribution in [2.45, 2.75) is 26.3 Å². The number of carbonyl (C=O) groups is 2. The maximum atomic E-state index is 12.4. The number of carbonyl (C=O) groups excluding carboxylic acids is 2. The number of fused-ring (bicyclic) bond motifs is 6. The van der Waals surface area contributed by atoms with Crippen LogP contribution in [-0.4, -0.2) is 37.9 Å². The summed E-state index contributed by atoms with van der Waals surface area (Å²) in [6, 6.07) is 0. The Morgan fingerprint density at radius 3 is 1.50 bits per heavy atom. The van der Waals surface area contributed by atoms with Gasteiger partial charge < -0.3 is 4.74 Å². The lowest BCUT2D eigenvalue weighted by atomic mass is 9.71. The van der Waals surface area contributed by atoms with E-state index in [1.807, 2.05) is 0 Å². The molecule has 2 bridgehead atoms. The number of ketones is 2. The van der Waals surface area contributed by atoms with Gasteiger partial charge in [-0.05, 0) is 0 Å². The SMILES string of the molecule is O=C1[C@H]2O[C@@H]2C(=O)[C@H]2[C@@H]1[C@]1(Cl)C(Cl)=C(Cl)[C@]2(Cl)C1(Cl)Cl. The van der Waals surface area contributed by atoms with Gasteiger partial charge in [-0.15, -0.1) is 23.2 Å². The van der Waals surface area contributed by atoms with Gasteiger partial charge in [0, 0.05) is 0 Å². The highest BCUT2D eigenvalue weighted by atomic mass is 35.5. The van der Waals surface area contributed by atoms with E-state index in [2.05, 4.69) is 0 Å². The third-order valence-electron chi connectivity index (χ3n) is 4.60.